The van der Waals surface area contributed by atoms with Gasteiger partial charge < -0.3 is 10.1 Å². The van der Waals surface area contributed by atoms with Crippen molar-refractivity contribution in [2.45, 2.75) is 27.2 Å². The van der Waals surface area contributed by atoms with Crippen molar-refractivity contribution < 1.29 is 4.74 Å². The Balaban J connectivity index is 0.00000117. The molecule has 0 spiro atoms. The number of nitrogens with zero attached hydrogens (tertiary/aromatic N) is 5. The molecular weight excluding hydrogens is 364 g/mol. The smallest absolute Gasteiger partial charge is 0.219 e. The van der Waals surface area contributed by atoms with Gasteiger partial charge in [-0.1, -0.05) is 26.0 Å². The highest BCUT2D eigenvalue weighted by atomic mass is 16.5. The lowest BCUT2D eigenvalue weighted by atomic mass is 10.1. The highest BCUT2D eigenvalue weighted by Gasteiger charge is 2.05. The molecule has 0 bridgehead atoms. The van der Waals surface area contributed by atoms with Crippen LogP contribution < -0.4 is 10.1 Å². The number of anilines is 1. The molecule has 0 fully saturated rings. The summed E-state index contributed by atoms with van der Waals surface area (Å²) in [6.45, 7) is 6.74. The maximum absolute atomic E-state index is 5.78. The second kappa shape index (κ2) is 10.1. The van der Waals surface area contributed by atoms with E-state index in [2.05, 4.69) is 30.2 Å². The van der Waals surface area contributed by atoms with Gasteiger partial charge in [0.15, 0.2) is 11.5 Å². The van der Waals surface area contributed by atoms with Crippen molar-refractivity contribution >= 4 is 17.0 Å². The van der Waals surface area contributed by atoms with Gasteiger partial charge >= 0.3 is 0 Å². The molecule has 7 heteroatoms. The number of nitrogens with one attached hydrogen (secondary N) is 1. The topological polar surface area (TPSA) is 85.7 Å². The van der Waals surface area contributed by atoms with Crippen LogP contribution in [0.5, 0.6) is 11.6 Å². The van der Waals surface area contributed by atoms with E-state index >= 15 is 0 Å². The van der Waals surface area contributed by atoms with Crippen LogP contribution >= 0.6 is 0 Å². The van der Waals surface area contributed by atoms with Crippen molar-refractivity contribution in [1.82, 2.24) is 24.9 Å². The number of rotatable bonds is 6. The number of pyridine rings is 1. The summed E-state index contributed by atoms with van der Waals surface area (Å²) in [7, 11) is 0. The van der Waals surface area contributed by atoms with Crippen molar-refractivity contribution in [2.24, 2.45) is 0 Å². The minimum Gasteiger partial charge on any atom is -0.439 e. The van der Waals surface area contributed by atoms with Crippen LogP contribution in [0.2, 0.25) is 0 Å². The lowest BCUT2D eigenvalue weighted by Crippen LogP contribution is -2.08. The molecule has 1 aromatic carbocycles. The molecule has 0 radical (unpaired) electrons. The summed E-state index contributed by atoms with van der Waals surface area (Å²) in [6, 6.07) is 11.8. The Hall–Kier alpha value is -3.61. The Bertz CT molecular complexity index is 1050. The van der Waals surface area contributed by atoms with E-state index in [1.54, 1.807) is 18.6 Å². The highest BCUT2D eigenvalue weighted by Crippen LogP contribution is 2.20. The van der Waals surface area contributed by atoms with Crippen LogP contribution in [0.25, 0.3) is 11.2 Å². The first-order valence-corrected chi connectivity index (χ1v) is 9.63. The van der Waals surface area contributed by atoms with Gasteiger partial charge in [0.05, 0.1) is 0 Å². The molecule has 1 N–H and O–H groups in total. The van der Waals surface area contributed by atoms with Gasteiger partial charge in [-0.2, -0.15) is 0 Å². The monoisotopic (exact) mass is 388 g/mol. The van der Waals surface area contributed by atoms with E-state index in [-0.39, 0.29) is 0 Å². The zero-order chi connectivity index (χ0) is 20.5. The SMILES string of the molecule is CC.Cc1ccnc(Oc2ccc(CCNc3ncnc4nccnc34)cc2)c1. The molecule has 4 rings (SSSR count). The second-order valence-corrected chi connectivity index (χ2v) is 6.05. The van der Waals surface area contributed by atoms with Crippen LogP contribution in [-0.4, -0.2) is 31.5 Å². The fourth-order valence-electron chi connectivity index (χ4n) is 2.66. The van der Waals surface area contributed by atoms with Crippen LogP contribution in [0, 0.1) is 6.92 Å². The molecule has 3 heterocycles. The van der Waals surface area contributed by atoms with Crippen LogP contribution in [0.15, 0.2) is 61.3 Å². The fraction of sp³-hybridized carbons (Fsp3) is 0.227. The van der Waals surface area contributed by atoms with Crippen LogP contribution in [0.1, 0.15) is 25.0 Å². The van der Waals surface area contributed by atoms with E-state index in [1.807, 2.05) is 57.2 Å². The van der Waals surface area contributed by atoms with E-state index in [1.165, 1.54) is 11.9 Å². The number of aromatic nitrogens is 5. The summed E-state index contributed by atoms with van der Waals surface area (Å²) in [6.07, 6.45) is 7.33. The van der Waals surface area contributed by atoms with E-state index in [0.717, 1.165) is 24.3 Å². The number of hydrogen-bond donors (Lipinski definition) is 1. The minimum atomic E-state index is 0.584. The maximum atomic E-state index is 5.78. The van der Waals surface area contributed by atoms with Crippen LogP contribution in [0.3, 0.4) is 0 Å². The summed E-state index contributed by atoms with van der Waals surface area (Å²) < 4.78 is 5.78. The predicted molar refractivity (Wildman–Crippen MR) is 114 cm³/mol. The lowest BCUT2D eigenvalue weighted by Gasteiger charge is -2.08. The van der Waals surface area contributed by atoms with Crippen LogP contribution in [0.4, 0.5) is 5.82 Å². The van der Waals surface area contributed by atoms with Gasteiger partial charge in [-0.05, 0) is 42.7 Å². The Kier molecular flexibility index (Phi) is 7.00. The van der Waals surface area contributed by atoms with Gasteiger partial charge in [-0.3, -0.25) is 0 Å². The Morgan fingerprint density at radius 2 is 1.66 bits per heavy atom. The maximum Gasteiger partial charge on any atom is 0.219 e. The van der Waals surface area contributed by atoms with Crippen LogP contribution in [-0.2, 0) is 6.42 Å². The average molecular weight is 388 g/mol. The summed E-state index contributed by atoms with van der Waals surface area (Å²) >= 11 is 0. The molecule has 7 nitrogen and oxygen atoms in total. The van der Waals surface area contributed by atoms with E-state index < -0.39 is 0 Å². The zero-order valence-corrected chi connectivity index (χ0v) is 16.8. The Labute approximate surface area is 170 Å². The van der Waals surface area contributed by atoms with E-state index in [9.17, 15) is 0 Å². The molecule has 3 aromatic heterocycles. The molecule has 0 aliphatic carbocycles. The van der Waals surface area contributed by atoms with Gasteiger partial charge in [0.25, 0.3) is 0 Å². The third-order valence-corrected chi connectivity index (χ3v) is 4.01. The number of aryl methyl sites for hydroxylation is 1. The average Bonchev–Trinajstić information content (AvgIpc) is 2.77. The molecular formula is C22H24N6O. The molecule has 4 aromatic rings. The second-order valence-electron chi connectivity index (χ2n) is 6.05. The molecule has 0 aliphatic rings. The molecule has 148 valence electrons. The van der Waals surface area contributed by atoms with Gasteiger partial charge in [0, 0.05) is 31.2 Å². The molecule has 29 heavy (non-hydrogen) atoms. The van der Waals surface area contributed by atoms with Crippen molar-refractivity contribution in [3.63, 3.8) is 0 Å². The number of benzene rings is 1. The summed E-state index contributed by atoms with van der Waals surface area (Å²) in [4.78, 5) is 21.1. The van der Waals surface area contributed by atoms with E-state index in [0.29, 0.717) is 22.9 Å². The quantitative estimate of drug-likeness (QED) is 0.517. The standard InChI is InChI=1S/C20H18N6O.C2H6/c1-14-6-8-21-17(12-14)27-16-4-2-15(3-5-16)7-9-23-19-18-20(26-13-25-19)24-11-10-22-18;1-2/h2-6,8,10-13H,7,9H2,1H3,(H,23,24,25,26);1-2H3. The van der Waals surface area contributed by atoms with Crippen molar-refractivity contribution in [1.29, 1.82) is 0 Å². The molecule has 0 amide bonds. The van der Waals surface area contributed by atoms with Crippen molar-refractivity contribution in [3.05, 3.63) is 72.4 Å². The predicted octanol–water partition coefficient (Wildman–Crippen LogP) is 4.60. The lowest BCUT2D eigenvalue weighted by molar-refractivity contribution is 0.462. The van der Waals surface area contributed by atoms with Gasteiger partial charge in [0.1, 0.15) is 17.6 Å². The van der Waals surface area contributed by atoms with Crippen molar-refractivity contribution in [2.75, 3.05) is 11.9 Å². The highest BCUT2D eigenvalue weighted by molar-refractivity contribution is 5.81. The number of fused-ring (bicyclic) bond motifs is 1. The number of hydrogen-bond acceptors (Lipinski definition) is 7. The normalized spacial score (nSPS) is 10.2. The van der Waals surface area contributed by atoms with Gasteiger partial charge in [0.2, 0.25) is 5.88 Å². The minimum absolute atomic E-state index is 0.584. The summed E-state index contributed by atoms with van der Waals surface area (Å²) in [5.41, 5.74) is 3.57. The van der Waals surface area contributed by atoms with Crippen molar-refractivity contribution in [3.8, 4) is 11.6 Å². The first kappa shape index (κ1) is 20.1. The Morgan fingerprint density at radius 1 is 0.862 bits per heavy atom. The molecule has 0 aliphatic heterocycles. The molecule has 0 saturated carbocycles. The van der Waals surface area contributed by atoms with Gasteiger partial charge in [-0.15, -0.1) is 0 Å². The third kappa shape index (κ3) is 5.44. The largest absolute Gasteiger partial charge is 0.439 e. The molecule has 0 saturated heterocycles. The zero-order valence-electron chi connectivity index (χ0n) is 16.8. The Morgan fingerprint density at radius 3 is 2.45 bits per heavy atom. The summed E-state index contributed by atoms with van der Waals surface area (Å²) in [5.74, 6) is 2.06. The fourth-order valence-corrected chi connectivity index (χ4v) is 2.66. The number of ether oxygens (including phenoxy) is 1. The summed E-state index contributed by atoms with van der Waals surface area (Å²) in [5, 5.41) is 3.30. The molecule has 0 atom stereocenters. The van der Waals surface area contributed by atoms with Gasteiger partial charge in [-0.25, -0.2) is 24.9 Å². The first-order chi connectivity index (χ1) is 14.3. The molecule has 0 unspecified atom stereocenters. The third-order valence-electron chi connectivity index (χ3n) is 4.01. The first-order valence-electron chi connectivity index (χ1n) is 9.63. The van der Waals surface area contributed by atoms with E-state index in [4.69, 9.17) is 4.74 Å².